The molecule has 0 saturated heterocycles. The second kappa shape index (κ2) is 6.24. The Kier molecular flexibility index (Phi) is 4.41. The largest absolute Gasteiger partial charge is 0.484 e. The van der Waals surface area contributed by atoms with Gasteiger partial charge in [0.15, 0.2) is 6.61 Å². The van der Waals surface area contributed by atoms with E-state index in [1.54, 1.807) is 36.4 Å². The Hall–Kier alpha value is -2.01. The normalized spacial score (nSPS) is 9.95. The molecule has 0 radical (unpaired) electrons. The standard InChI is InChI=1S/C14H13BrN2O2/c15-10-4-6-13(7-5-10)19-9-14(18)17-12-3-1-2-11(16)8-12/h1-8H,9,16H2,(H,17,18). The molecule has 2 aromatic rings. The molecule has 0 spiro atoms. The SMILES string of the molecule is Nc1cccc(NC(=O)COc2ccc(Br)cc2)c1. The summed E-state index contributed by atoms with van der Waals surface area (Å²) in [6, 6.07) is 14.3. The van der Waals surface area contributed by atoms with E-state index in [4.69, 9.17) is 10.5 Å². The van der Waals surface area contributed by atoms with Crippen molar-refractivity contribution in [3.05, 3.63) is 53.0 Å². The second-order valence-electron chi connectivity index (χ2n) is 3.92. The van der Waals surface area contributed by atoms with Crippen LogP contribution < -0.4 is 15.8 Å². The van der Waals surface area contributed by atoms with E-state index >= 15 is 0 Å². The number of anilines is 2. The van der Waals surface area contributed by atoms with Crippen molar-refractivity contribution >= 4 is 33.2 Å². The van der Waals surface area contributed by atoms with Crippen LogP contribution in [0.15, 0.2) is 53.0 Å². The van der Waals surface area contributed by atoms with Crippen molar-refractivity contribution in [2.45, 2.75) is 0 Å². The van der Waals surface area contributed by atoms with Crippen LogP contribution in [0.2, 0.25) is 0 Å². The highest BCUT2D eigenvalue weighted by molar-refractivity contribution is 9.10. The van der Waals surface area contributed by atoms with Crippen molar-refractivity contribution in [1.29, 1.82) is 0 Å². The lowest BCUT2D eigenvalue weighted by atomic mass is 10.3. The van der Waals surface area contributed by atoms with Crippen LogP contribution in [-0.4, -0.2) is 12.5 Å². The smallest absolute Gasteiger partial charge is 0.262 e. The van der Waals surface area contributed by atoms with Gasteiger partial charge in [0, 0.05) is 15.8 Å². The van der Waals surface area contributed by atoms with Gasteiger partial charge in [-0.15, -0.1) is 0 Å². The molecular weight excluding hydrogens is 308 g/mol. The van der Waals surface area contributed by atoms with Gasteiger partial charge in [-0.25, -0.2) is 0 Å². The van der Waals surface area contributed by atoms with Gasteiger partial charge >= 0.3 is 0 Å². The number of hydrogen-bond acceptors (Lipinski definition) is 3. The molecule has 2 rings (SSSR count). The van der Waals surface area contributed by atoms with E-state index in [0.717, 1.165) is 4.47 Å². The number of ether oxygens (including phenoxy) is 1. The molecule has 5 heteroatoms. The Labute approximate surface area is 119 Å². The number of rotatable bonds is 4. The van der Waals surface area contributed by atoms with E-state index in [9.17, 15) is 4.79 Å². The minimum Gasteiger partial charge on any atom is -0.484 e. The van der Waals surface area contributed by atoms with E-state index < -0.39 is 0 Å². The van der Waals surface area contributed by atoms with Crippen molar-refractivity contribution in [1.82, 2.24) is 0 Å². The van der Waals surface area contributed by atoms with E-state index in [-0.39, 0.29) is 12.5 Å². The van der Waals surface area contributed by atoms with Crippen molar-refractivity contribution in [2.75, 3.05) is 17.7 Å². The lowest BCUT2D eigenvalue weighted by Gasteiger charge is -2.08. The molecule has 3 N–H and O–H groups in total. The number of nitrogens with one attached hydrogen (secondary N) is 1. The zero-order chi connectivity index (χ0) is 13.7. The van der Waals surface area contributed by atoms with Gasteiger partial charge in [0.25, 0.3) is 5.91 Å². The van der Waals surface area contributed by atoms with Gasteiger partial charge in [-0.1, -0.05) is 22.0 Å². The van der Waals surface area contributed by atoms with Crippen molar-refractivity contribution in [3.63, 3.8) is 0 Å². The average Bonchev–Trinajstić information content (AvgIpc) is 2.38. The number of carbonyl (C=O) groups excluding carboxylic acids is 1. The highest BCUT2D eigenvalue weighted by atomic mass is 79.9. The first-order valence-electron chi connectivity index (χ1n) is 5.67. The molecule has 0 bridgehead atoms. The van der Waals surface area contributed by atoms with Crippen LogP contribution in [0, 0.1) is 0 Å². The molecule has 0 saturated carbocycles. The van der Waals surface area contributed by atoms with Crippen LogP contribution in [0.3, 0.4) is 0 Å². The molecular formula is C14H13BrN2O2. The van der Waals surface area contributed by atoms with Crippen LogP contribution in [-0.2, 0) is 4.79 Å². The summed E-state index contributed by atoms with van der Waals surface area (Å²) in [7, 11) is 0. The maximum atomic E-state index is 11.7. The fourth-order valence-corrected chi connectivity index (χ4v) is 1.76. The number of benzene rings is 2. The Balaban J connectivity index is 1.86. The number of nitrogens with two attached hydrogens (primary N) is 1. The Bertz CT molecular complexity index is 570. The van der Waals surface area contributed by atoms with Crippen LogP contribution >= 0.6 is 15.9 Å². The highest BCUT2D eigenvalue weighted by Gasteiger charge is 2.03. The summed E-state index contributed by atoms with van der Waals surface area (Å²) in [5.41, 5.74) is 6.89. The first-order chi connectivity index (χ1) is 9.13. The molecule has 0 unspecified atom stereocenters. The third-order valence-corrected chi connectivity index (χ3v) is 2.88. The van der Waals surface area contributed by atoms with Gasteiger partial charge in [0.05, 0.1) is 0 Å². The van der Waals surface area contributed by atoms with Crippen molar-refractivity contribution < 1.29 is 9.53 Å². The molecule has 2 aromatic carbocycles. The molecule has 0 heterocycles. The number of carbonyl (C=O) groups is 1. The number of hydrogen-bond donors (Lipinski definition) is 2. The minimum absolute atomic E-state index is 0.0452. The lowest BCUT2D eigenvalue weighted by Crippen LogP contribution is -2.20. The summed E-state index contributed by atoms with van der Waals surface area (Å²) in [4.78, 5) is 11.7. The van der Waals surface area contributed by atoms with Crippen LogP contribution in [0.4, 0.5) is 11.4 Å². The van der Waals surface area contributed by atoms with Gasteiger partial charge in [-0.05, 0) is 42.5 Å². The van der Waals surface area contributed by atoms with E-state index in [1.165, 1.54) is 0 Å². The number of halogens is 1. The van der Waals surface area contributed by atoms with Crippen LogP contribution in [0.5, 0.6) is 5.75 Å². The van der Waals surface area contributed by atoms with Crippen molar-refractivity contribution in [3.8, 4) is 5.75 Å². The van der Waals surface area contributed by atoms with Gasteiger partial charge in [-0.2, -0.15) is 0 Å². The monoisotopic (exact) mass is 320 g/mol. The first kappa shape index (κ1) is 13.4. The topological polar surface area (TPSA) is 64.3 Å². The minimum atomic E-state index is -0.228. The molecule has 4 nitrogen and oxygen atoms in total. The number of nitrogen functional groups attached to an aromatic ring is 1. The maximum Gasteiger partial charge on any atom is 0.262 e. The summed E-state index contributed by atoms with van der Waals surface area (Å²) < 4.78 is 6.32. The zero-order valence-electron chi connectivity index (χ0n) is 10.1. The summed E-state index contributed by atoms with van der Waals surface area (Å²) >= 11 is 3.33. The zero-order valence-corrected chi connectivity index (χ0v) is 11.7. The van der Waals surface area contributed by atoms with Gasteiger partial charge in [0.2, 0.25) is 0 Å². The third kappa shape index (κ3) is 4.30. The predicted octanol–water partition coefficient (Wildman–Crippen LogP) is 3.05. The molecule has 0 aliphatic heterocycles. The fourth-order valence-electron chi connectivity index (χ4n) is 1.49. The summed E-state index contributed by atoms with van der Waals surface area (Å²) in [6.45, 7) is -0.0452. The Morgan fingerprint density at radius 2 is 1.95 bits per heavy atom. The summed E-state index contributed by atoms with van der Waals surface area (Å²) in [5.74, 6) is 0.416. The molecule has 98 valence electrons. The van der Waals surface area contributed by atoms with E-state index in [0.29, 0.717) is 17.1 Å². The molecule has 0 fully saturated rings. The van der Waals surface area contributed by atoms with Gasteiger partial charge in [-0.3, -0.25) is 4.79 Å². The molecule has 0 aromatic heterocycles. The van der Waals surface area contributed by atoms with Crippen molar-refractivity contribution in [2.24, 2.45) is 0 Å². The van der Waals surface area contributed by atoms with Crippen LogP contribution in [0.1, 0.15) is 0 Å². The van der Waals surface area contributed by atoms with Gasteiger partial charge in [0.1, 0.15) is 5.75 Å². The Morgan fingerprint density at radius 1 is 1.21 bits per heavy atom. The Morgan fingerprint density at radius 3 is 2.63 bits per heavy atom. The molecule has 19 heavy (non-hydrogen) atoms. The number of amides is 1. The second-order valence-corrected chi connectivity index (χ2v) is 4.83. The molecule has 0 atom stereocenters. The average molecular weight is 321 g/mol. The summed E-state index contributed by atoms with van der Waals surface area (Å²) in [6.07, 6.45) is 0. The molecule has 1 amide bonds. The third-order valence-electron chi connectivity index (χ3n) is 2.35. The molecule has 0 aliphatic carbocycles. The highest BCUT2D eigenvalue weighted by Crippen LogP contribution is 2.16. The first-order valence-corrected chi connectivity index (χ1v) is 6.46. The maximum absolute atomic E-state index is 11.7. The van der Waals surface area contributed by atoms with E-state index in [1.807, 2.05) is 12.1 Å². The van der Waals surface area contributed by atoms with Crippen LogP contribution in [0.25, 0.3) is 0 Å². The quantitative estimate of drug-likeness (QED) is 0.851. The molecule has 0 aliphatic rings. The van der Waals surface area contributed by atoms with Gasteiger partial charge < -0.3 is 15.8 Å². The lowest BCUT2D eigenvalue weighted by molar-refractivity contribution is -0.118. The predicted molar refractivity (Wildman–Crippen MR) is 79.1 cm³/mol. The summed E-state index contributed by atoms with van der Waals surface area (Å²) in [5, 5.41) is 2.71. The van der Waals surface area contributed by atoms with E-state index in [2.05, 4.69) is 21.2 Å². The fraction of sp³-hybridized carbons (Fsp3) is 0.0714.